The number of amides is 1. The molecule has 0 aliphatic rings. The van der Waals surface area contributed by atoms with E-state index >= 15 is 0 Å². The van der Waals surface area contributed by atoms with Gasteiger partial charge in [-0.2, -0.15) is 0 Å². The van der Waals surface area contributed by atoms with Crippen LogP contribution in [0.1, 0.15) is 284 Å². The molecule has 2 N–H and O–H groups in total. The Kier molecular flexibility index (Phi) is 53.9. The first kappa shape index (κ1) is 73.5. The third-order valence-corrected chi connectivity index (χ3v) is 14.9. The predicted molar refractivity (Wildman–Crippen MR) is 328 cm³/mol. The van der Waals surface area contributed by atoms with Gasteiger partial charge in [-0.3, -0.25) is 18.6 Å². The number of nitrogens with one attached hydrogen (secondary N) is 1. The second kappa shape index (κ2) is 55.8. The lowest BCUT2D eigenvalue weighted by Crippen LogP contribution is -2.47. The van der Waals surface area contributed by atoms with Crippen molar-refractivity contribution < 1.29 is 37.3 Å². The van der Waals surface area contributed by atoms with E-state index in [4.69, 9.17) is 13.8 Å². The second-order valence-corrected chi connectivity index (χ2v) is 24.0. The third kappa shape index (κ3) is 56.2. The number of phosphoric ester groups is 1. The molecule has 76 heavy (non-hydrogen) atoms. The molecule has 0 saturated carbocycles. The van der Waals surface area contributed by atoms with Crippen LogP contribution in [0.25, 0.3) is 0 Å². The summed E-state index contributed by atoms with van der Waals surface area (Å²) in [6.45, 7) is 6.91. The van der Waals surface area contributed by atoms with E-state index in [0.29, 0.717) is 23.9 Å². The van der Waals surface area contributed by atoms with Crippen molar-refractivity contribution in [2.75, 3.05) is 40.9 Å². The number of rotatable bonds is 57. The summed E-state index contributed by atoms with van der Waals surface area (Å²) in [4.78, 5) is 37.7. The Bertz CT molecular complexity index is 1530. The lowest BCUT2D eigenvalue weighted by molar-refractivity contribution is -0.870. The van der Waals surface area contributed by atoms with Crippen LogP contribution in [0.2, 0.25) is 0 Å². The number of nitrogens with zero attached hydrogens (tertiary/aromatic N) is 1. The Balaban J connectivity index is 5.21. The van der Waals surface area contributed by atoms with Crippen LogP contribution in [0.3, 0.4) is 0 Å². The van der Waals surface area contributed by atoms with Crippen LogP contribution in [-0.4, -0.2) is 74.3 Å². The molecule has 0 aliphatic heterocycles. The molecule has 9 nitrogen and oxygen atoms in total. The van der Waals surface area contributed by atoms with E-state index in [2.05, 4.69) is 86.8 Å². The fraction of sp³-hybridized carbons (Fsp3) is 0.788. The molecule has 0 fully saturated rings. The van der Waals surface area contributed by atoms with E-state index in [1.807, 2.05) is 33.3 Å². The molecule has 0 spiro atoms. The first-order valence-corrected chi connectivity index (χ1v) is 33.3. The number of unbranched alkanes of at least 4 members (excludes halogenated alkanes) is 31. The number of phosphoric acid groups is 1. The zero-order chi connectivity index (χ0) is 55.7. The average molecular weight is 1090 g/mol. The average Bonchev–Trinajstić information content (AvgIpc) is 3.38. The number of carbonyl (C=O) groups excluding carboxylic acids is 2. The Hall–Kier alpha value is -2.55. The number of hydrogen-bond donors (Lipinski definition) is 2. The van der Waals surface area contributed by atoms with Crippen molar-refractivity contribution in [3.8, 4) is 0 Å². The van der Waals surface area contributed by atoms with Gasteiger partial charge in [-0.25, -0.2) is 4.57 Å². The number of quaternary nitrogens is 1. The maximum atomic E-state index is 13.6. The highest BCUT2D eigenvalue weighted by Gasteiger charge is 2.30. The van der Waals surface area contributed by atoms with Crippen molar-refractivity contribution in [1.82, 2.24) is 5.32 Å². The van der Waals surface area contributed by atoms with Crippen molar-refractivity contribution in [3.05, 3.63) is 72.9 Å². The summed E-state index contributed by atoms with van der Waals surface area (Å²) >= 11 is 0. The topological polar surface area (TPSA) is 111 Å². The van der Waals surface area contributed by atoms with Crippen LogP contribution < -0.4 is 5.32 Å². The molecule has 0 rings (SSSR count). The van der Waals surface area contributed by atoms with Gasteiger partial charge in [0.1, 0.15) is 19.3 Å². The zero-order valence-corrected chi connectivity index (χ0v) is 51.4. The summed E-state index contributed by atoms with van der Waals surface area (Å²) in [6.07, 6.45) is 71.8. The van der Waals surface area contributed by atoms with Crippen LogP contribution in [0.4, 0.5) is 0 Å². The van der Waals surface area contributed by atoms with Gasteiger partial charge in [0.15, 0.2) is 0 Å². The van der Waals surface area contributed by atoms with Crippen molar-refractivity contribution in [2.45, 2.75) is 296 Å². The predicted octanol–water partition coefficient (Wildman–Crippen LogP) is 19.6. The maximum Gasteiger partial charge on any atom is 0.472 e. The van der Waals surface area contributed by atoms with Crippen LogP contribution in [-0.2, 0) is 27.9 Å². The fourth-order valence-corrected chi connectivity index (χ4v) is 9.76. The number of allylic oxidation sites excluding steroid dienone is 11. The van der Waals surface area contributed by atoms with Gasteiger partial charge in [-0.1, -0.05) is 267 Å². The third-order valence-electron chi connectivity index (χ3n) is 13.9. The molecule has 0 heterocycles. The molecule has 0 bridgehead atoms. The van der Waals surface area contributed by atoms with Gasteiger partial charge in [-0.05, 0) is 76.7 Å². The van der Waals surface area contributed by atoms with E-state index in [0.717, 1.165) is 103 Å². The minimum Gasteiger partial charge on any atom is -0.456 e. The van der Waals surface area contributed by atoms with Gasteiger partial charge in [0.2, 0.25) is 5.91 Å². The molecular weight excluding hydrogens is 964 g/mol. The van der Waals surface area contributed by atoms with Gasteiger partial charge in [0.05, 0.1) is 33.8 Å². The SMILES string of the molecule is CC/C=C\C/C=C\C/C=C\C/C=C\C/C=C\CCCCCCCCCC(=O)NC(COP(=O)(O)OCC[N+](C)(C)C)C(/C=C\CCCCCCCCCCCC)OC(=O)CCCCCCCCCCCCCCCCC. The van der Waals surface area contributed by atoms with Crippen LogP contribution >= 0.6 is 7.82 Å². The summed E-state index contributed by atoms with van der Waals surface area (Å²) in [5.41, 5.74) is 0. The first-order valence-electron chi connectivity index (χ1n) is 31.8. The fourth-order valence-electron chi connectivity index (χ4n) is 9.03. The molecule has 0 aromatic rings. The van der Waals surface area contributed by atoms with Crippen molar-refractivity contribution in [1.29, 1.82) is 0 Å². The van der Waals surface area contributed by atoms with Gasteiger partial charge in [0, 0.05) is 12.8 Å². The van der Waals surface area contributed by atoms with E-state index in [-0.39, 0.29) is 25.1 Å². The van der Waals surface area contributed by atoms with E-state index < -0.39 is 20.0 Å². The highest BCUT2D eigenvalue weighted by atomic mass is 31.2. The molecule has 3 unspecified atom stereocenters. The zero-order valence-electron chi connectivity index (χ0n) is 50.5. The van der Waals surface area contributed by atoms with E-state index in [1.54, 1.807) is 0 Å². The Morgan fingerprint density at radius 1 is 0.474 bits per heavy atom. The van der Waals surface area contributed by atoms with Crippen molar-refractivity contribution in [2.24, 2.45) is 0 Å². The molecule has 10 heteroatoms. The monoisotopic (exact) mass is 1090 g/mol. The molecular formula is C66H122N2O7P+. The second-order valence-electron chi connectivity index (χ2n) is 22.6. The highest BCUT2D eigenvalue weighted by Crippen LogP contribution is 2.43. The van der Waals surface area contributed by atoms with E-state index in [9.17, 15) is 19.0 Å². The summed E-state index contributed by atoms with van der Waals surface area (Å²) in [6, 6.07) is -0.855. The normalized spacial score (nSPS) is 14.1. The summed E-state index contributed by atoms with van der Waals surface area (Å²) in [7, 11) is 1.49. The molecule has 442 valence electrons. The lowest BCUT2D eigenvalue weighted by Gasteiger charge is -2.27. The molecule has 0 aromatic heterocycles. The molecule has 0 aliphatic carbocycles. The molecule has 0 saturated heterocycles. The highest BCUT2D eigenvalue weighted by molar-refractivity contribution is 7.47. The Morgan fingerprint density at radius 2 is 0.842 bits per heavy atom. The van der Waals surface area contributed by atoms with E-state index in [1.165, 1.54) is 148 Å². The van der Waals surface area contributed by atoms with Crippen LogP contribution in [0.15, 0.2) is 72.9 Å². The van der Waals surface area contributed by atoms with Gasteiger partial charge < -0.3 is 19.4 Å². The lowest BCUT2D eigenvalue weighted by atomic mass is 10.0. The Morgan fingerprint density at radius 3 is 1.26 bits per heavy atom. The number of carbonyl (C=O) groups is 2. The quantitative estimate of drug-likeness (QED) is 0.0205. The first-order chi connectivity index (χ1) is 36.9. The number of hydrogen-bond acceptors (Lipinski definition) is 6. The molecule has 0 aromatic carbocycles. The largest absolute Gasteiger partial charge is 0.472 e. The number of likely N-dealkylation sites (N-methyl/N-ethyl adjacent to an activating group) is 1. The minimum absolute atomic E-state index is 0.0367. The van der Waals surface area contributed by atoms with Crippen LogP contribution in [0, 0.1) is 0 Å². The minimum atomic E-state index is -4.45. The smallest absolute Gasteiger partial charge is 0.456 e. The molecule has 3 atom stereocenters. The number of esters is 1. The molecule has 1 amide bonds. The maximum absolute atomic E-state index is 13.6. The Labute approximate surface area is 470 Å². The van der Waals surface area contributed by atoms with Crippen molar-refractivity contribution >= 4 is 19.7 Å². The van der Waals surface area contributed by atoms with Crippen molar-refractivity contribution in [3.63, 3.8) is 0 Å². The van der Waals surface area contributed by atoms with Gasteiger partial charge in [-0.15, -0.1) is 0 Å². The standard InChI is InChI=1S/C66H121N2O7P/c1-7-10-13-16-19-22-25-28-30-31-32-33-34-35-36-37-39-40-43-46-49-52-55-58-65(69)67-63(62-74-76(71,72)73-61-60-68(4,5)6)64(57-54-51-48-45-42-27-24-21-18-15-12-9-3)75-66(70)59-56-53-50-47-44-41-38-29-26-23-20-17-14-11-8-2/h10,13,19,22,28,30,32-33,35-36,54,57,63-64H,7-9,11-12,14-18,20-21,23-27,29,31,34,37-53,55-56,58-62H2,1-6H3,(H-,67,69,71,72)/p+1/b13-10-,22-19-,30-28-,33-32-,36-35-,57-54-. The molecule has 0 radical (unpaired) electrons. The summed E-state index contributed by atoms with van der Waals surface area (Å²) < 4.78 is 30.7. The summed E-state index contributed by atoms with van der Waals surface area (Å²) in [5, 5.41) is 3.06. The summed E-state index contributed by atoms with van der Waals surface area (Å²) in [5.74, 6) is -0.511. The van der Waals surface area contributed by atoms with Gasteiger partial charge in [0.25, 0.3) is 0 Å². The number of ether oxygens (including phenoxy) is 1. The van der Waals surface area contributed by atoms with Crippen LogP contribution in [0.5, 0.6) is 0 Å². The van der Waals surface area contributed by atoms with Gasteiger partial charge >= 0.3 is 13.8 Å².